The molecular formula is C21H18N4O. The van der Waals surface area contributed by atoms with Crippen LogP contribution in [0.25, 0.3) is 10.9 Å². The predicted octanol–water partition coefficient (Wildman–Crippen LogP) is 3.67. The Morgan fingerprint density at radius 3 is 2.54 bits per heavy atom. The molecule has 5 heteroatoms. The van der Waals surface area contributed by atoms with Crippen LogP contribution in [0, 0.1) is 0 Å². The van der Waals surface area contributed by atoms with Gasteiger partial charge >= 0.3 is 0 Å². The number of H-pyrrole nitrogens is 1. The van der Waals surface area contributed by atoms with Crippen LogP contribution < -0.4 is 5.32 Å². The van der Waals surface area contributed by atoms with Gasteiger partial charge in [-0.05, 0) is 36.2 Å². The van der Waals surface area contributed by atoms with Crippen molar-refractivity contribution in [1.29, 1.82) is 0 Å². The summed E-state index contributed by atoms with van der Waals surface area (Å²) in [5.74, 6) is -0.120. The van der Waals surface area contributed by atoms with Gasteiger partial charge in [-0.15, -0.1) is 0 Å². The third-order valence-corrected chi connectivity index (χ3v) is 4.35. The lowest BCUT2D eigenvalue weighted by molar-refractivity contribution is 0.0935. The number of benzene rings is 1. The maximum Gasteiger partial charge on any atom is 0.251 e. The monoisotopic (exact) mass is 342 g/mol. The smallest absolute Gasteiger partial charge is 0.251 e. The van der Waals surface area contributed by atoms with Crippen LogP contribution in [0.2, 0.25) is 0 Å². The number of aromatic nitrogens is 3. The van der Waals surface area contributed by atoms with Crippen LogP contribution in [-0.4, -0.2) is 20.9 Å². The highest BCUT2D eigenvalue weighted by atomic mass is 16.1. The average Bonchev–Trinajstić information content (AvgIpc) is 3.13. The number of fused-ring (bicyclic) bond motifs is 1. The second-order valence-corrected chi connectivity index (χ2v) is 6.14. The Hall–Kier alpha value is -3.47. The molecule has 26 heavy (non-hydrogen) atoms. The van der Waals surface area contributed by atoms with Gasteiger partial charge in [0.05, 0.1) is 17.8 Å². The van der Waals surface area contributed by atoms with E-state index in [-0.39, 0.29) is 11.9 Å². The number of aromatic amines is 1. The van der Waals surface area contributed by atoms with E-state index in [0.717, 1.165) is 22.2 Å². The van der Waals surface area contributed by atoms with Gasteiger partial charge in [0.15, 0.2) is 0 Å². The fourth-order valence-electron chi connectivity index (χ4n) is 3.02. The molecule has 0 saturated heterocycles. The normalized spacial score (nSPS) is 12.0. The molecule has 0 fully saturated rings. The third-order valence-electron chi connectivity index (χ3n) is 4.35. The van der Waals surface area contributed by atoms with E-state index < -0.39 is 0 Å². The molecule has 4 aromatic rings. The first-order valence-electron chi connectivity index (χ1n) is 8.47. The quantitative estimate of drug-likeness (QED) is 0.581. The molecule has 0 aliphatic heterocycles. The predicted molar refractivity (Wildman–Crippen MR) is 101 cm³/mol. The second-order valence-electron chi connectivity index (χ2n) is 6.14. The number of rotatable bonds is 5. The third kappa shape index (κ3) is 3.47. The van der Waals surface area contributed by atoms with Crippen LogP contribution >= 0.6 is 0 Å². The highest BCUT2D eigenvalue weighted by Gasteiger charge is 2.18. The molecule has 1 unspecified atom stereocenters. The van der Waals surface area contributed by atoms with Crippen molar-refractivity contribution in [3.8, 4) is 0 Å². The molecule has 1 aromatic carbocycles. The maximum atomic E-state index is 12.7. The molecule has 0 bridgehead atoms. The van der Waals surface area contributed by atoms with Crippen LogP contribution in [0.4, 0.5) is 0 Å². The second kappa shape index (κ2) is 7.19. The van der Waals surface area contributed by atoms with Crippen molar-refractivity contribution < 1.29 is 4.79 Å². The minimum Gasteiger partial charge on any atom is -0.355 e. The minimum absolute atomic E-state index is 0.120. The molecule has 0 aliphatic carbocycles. The maximum absolute atomic E-state index is 12.7. The lowest BCUT2D eigenvalue weighted by atomic mass is 10.0. The lowest BCUT2D eigenvalue weighted by Gasteiger charge is -2.18. The van der Waals surface area contributed by atoms with Gasteiger partial charge in [0, 0.05) is 35.2 Å². The van der Waals surface area contributed by atoms with Crippen LogP contribution in [0.15, 0.2) is 79.4 Å². The standard InChI is InChI=1S/C21H18N4O/c26-21(16-6-9-22-10-7-16)25-18(12-15-4-2-1-3-5-15)19-13-17-8-11-23-14-20(17)24-19/h1-11,13-14,18,24H,12H2,(H,25,26). The fourth-order valence-corrected chi connectivity index (χ4v) is 3.02. The summed E-state index contributed by atoms with van der Waals surface area (Å²) in [6.07, 6.45) is 7.49. The van der Waals surface area contributed by atoms with Gasteiger partial charge in [0.2, 0.25) is 0 Å². The van der Waals surface area contributed by atoms with E-state index in [4.69, 9.17) is 0 Å². The van der Waals surface area contributed by atoms with Gasteiger partial charge < -0.3 is 10.3 Å². The van der Waals surface area contributed by atoms with Gasteiger partial charge in [0.1, 0.15) is 0 Å². The van der Waals surface area contributed by atoms with Gasteiger partial charge in [-0.3, -0.25) is 14.8 Å². The van der Waals surface area contributed by atoms with Crippen LogP contribution in [0.3, 0.4) is 0 Å². The SMILES string of the molecule is O=C(NC(Cc1ccccc1)c1cc2ccncc2[nH]1)c1ccncc1. The molecule has 0 radical (unpaired) electrons. The molecule has 3 heterocycles. The molecule has 4 rings (SSSR count). The molecule has 0 spiro atoms. The highest BCUT2D eigenvalue weighted by molar-refractivity contribution is 5.94. The number of amides is 1. The van der Waals surface area contributed by atoms with E-state index in [1.54, 1.807) is 36.9 Å². The van der Waals surface area contributed by atoms with Crippen molar-refractivity contribution in [2.75, 3.05) is 0 Å². The Kier molecular flexibility index (Phi) is 4.43. The summed E-state index contributed by atoms with van der Waals surface area (Å²) < 4.78 is 0. The Balaban J connectivity index is 1.65. The molecule has 1 amide bonds. The van der Waals surface area contributed by atoms with E-state index in [9.17, 15) is 4.79 Å². The van der Waals surface area contributed by atoms with E-state index >= 15 is 0 Å². The first-order chi connectivity index (χ1) is 12.8. The summed E-state index contributed by atoms with van der Waals surface area (Å²) in [6.45, 7) is 0. The summed E-state index contributed by atoms with van der Waals surface area (Å²) in [6, 6.07) is 17.4. The molecular weight excluding hydrogens is 324 g/mol. The summed E-state index contributed by atoms with van der Waals surface area (Å²) >= 11 is 0. The first kappa shape index (κ1) is 16.0. The molecule has 0 aliphatic rings. The Morgan fingerprint density at radius 2 is 1.77 bits per heavy atom. The average molecular weight is 342 g/mol. The summed E-state index contributed by atoms with van der Waals surface area (Å²) in [7, 11) is 0. The van der Waals surface area contributed by atoms with Crippen LogP contribution in [-0.2, 0) is 6.42 Å². The Bertz CT molecular complexity index is 979. The number of hydrogen-bond donors (Lipinski definition) is 2. The topological polar surface area (TPSA) is 70.7 Å². The Morgan fingerprint density at radius 1 is 1.00 bits per heavy atom. The fraction of sp³-hybridized carbons (Fsp3) is 0.0952. The molecule has 5 nitrogen and oxygen atoms in total. The van der Waals surface area contributed by atoms with Crippen molar-refractivity contribution in [2.45, 2.75) is 12.5 Å². The summed E-state index contributed by atoms with van der Waals surface area (Å²) in [5.41, 5.74) is 3.66. The van der Waals surface area contributed by atoms with E-state index in [0.29, 0.717) is 12.0 Å². The molecule has 128 valence electrons. The van der Waals surface area contributed by atoms with Crippen LogP contribution in [0.5, 0.6) is 0 Å². The van der Waals surface area contributed by atoms with Gasteiger partial charge in [-0.2, -0.15) is 0 Å². The summed E-state index contributed by atoms with van der Waals surface area (Å²) in [4.78, 5) is 24.2. The van der Waals surface area contributed by atoms with E-state index in [1.807, 2.05) is 24.3 Å². The first-order valence-corrected chi connectivity index (χ1v) is 8.47. The molecule has 3 aromatic heterocycles. The molecule has 1 atom stereocenters. The van der Waals surface area contributed by atoms with Crippen molar-refractivity contribution in [3.63, 3.8) is 0 Å². The zero-order chi connectivity index (χ0) is 17.8. The number of carbonyl (C=O) groups excluding carboxylic acids is 1. The zero-order valence-electron chi connectivity index (χ0n) is 14.1. The number of pyridine rings is 2. The summed E-state index contributed by atoms with van der Waals surface area (Å²) in [5, 5.41) is 4.22. The molecule has 2 N–H and O–H groups in total. The molecule has 0 saturated carbocycles. The van der Waals surface area contributed by atoms with Gasteiger partial charge in [-0.1, -0.05) is 30.3 Å². The number of nitrogens with zero attached hydrogens (tertiary/aromatic N) is 2. The van der Waals surface area contributed by atoms with Crippen LogP contribution in [0.1, 0.15) is 27.7 Å². The largest absolute Gasteiger partial charge is 0.355 e. The highest BCUT2D eigenvalue weighted by Crippen LogP contribution is 2.23. The number of hydrogen-bond acceptors (Lipinski definition) is 3. The van der Waals surface area contributed by atoms with E-state index in [2.05, 4.69) is 38.5 Å². The van der Waals surface area contributed by atoms with Crippen molar-refractivity contribution >= 4 is 16.8 Å². The lowest BCUT2D eigenvalue weighted by Crippen LogP contribution is -2.30. The Labute approximate surface area is 151 Å². The van der Waals surface area contributed by atoms with Crippen molar-refractivity contribution in [3.05, 3.63) is 96.2 Å². The van der Waals surface area contributed by atoms with E-state index in [1.165, 1.54) is 0 Å². The minimum atomic E-state index is -0.175. The van der Waals surface area contributed by atoms with Gasteiger partial charge in [0.25, 0.3) is 5.91 Å². The van der Waals surface area contributed by atoms with Gasteiger partial charge in [-0.25, -0.2) is 0 Å². The zero-order valence-corrected chi connectivity index (χ0v) is 14.1. The number of carbonyl (C=O) groups is 1. The van der Waals surface area contributed by atoms with Crippen molar-refractivity contribution in [1.82, 2.24) is 20.3 Å². The van der Waals surface area contributed by atoms with Crippen molar-refractivity contribution in [2.24, 2.45) is 0 Å². The number of nitrogens with one attached hydrogen (secondary N) is 2.